The number of ether oxygens (including phenoxy) is 1. The number of benzene rings is 1. The molecule has 1 atom stereocenters. The van der Waals surface area contributed by atoms with Gasteiger partial charge in [-0.3, -0.25) is 4.79 Å². The number of carboxylic acid groups (broad SMARTS) is 1. The van der Waals surface area contributed by atoms with E-state index in [-0.39, 0.29) is 0 Å². The molecule has 0 amide bonds. The van der Waals surface area contributed by atoms with Crippen LogP contribution in [0.1, 0.15) is 12.0 Å². The summed E-state index contributed by atoms with van der Waals surface area (Å²) in [5, 5.41) is 12.2. The molecule has 2 N–H and O–H groups in total. The smallest absolute Gasteiger partial charge is 0.320 e. The van der Waals surface area contributed by atoms with Gasteiger partial charge in [0.2, 0.25) is 0 Å². The van der Waals surface area contributed by atoms with E-state index in [1.165, 1.54) is 0 Å². The molecule has 1 rings (SSSR count). The van der Waals surface area contributed by atoms with Gasteiger partial charge in [-0.15, -0.1) is 0 Å². The van der Waals surface area contributed by atoms with Gasteiger partial charge in [0.05, 0.1) is 0 Å². The summed E-state index contributed by atoms with van der Waals surface area (Å²) in [6, 6.07) is 7.10. The summed E-state index contributed by atoms with van der Waals surface area (Å²) in [5.41, 5.74) is 1.03. The quantitative estimate of drug-likeness (QED) is 0.650. The van der Waals surface area contributed by atoms with Gasteiger partial charge in [0.1, 0.15) is 18.4 Å². The third kappa shape index (κ3) is 6.12. The standard InChI is InChI=1S/C15H21NO3S/c1-3-9-19-13-6-4-12(5-7-13)11-16-14(15(17)18)8-10-20-2/h3-7,14,16H,1,8-11H2,2H3,(H,17,18)/t14-/m0/s1. The van der Waals surface area contributed by atoms with Gasteiger partial charge < -0.3 is 15.2 Å². The van der Waals surface area contributed by atoms with Crippen molar-refractivity contribution in [1.29, 1.82) is 0 Å². The van der Waals surface area contributed by atoms with E-state index in [1.807, 2.05) is 30.5 Å². The van der Waals surface area contributed by atoms with Crippen molar-refractivity contribution < 1.29 is 14.6 Å². The zero-order valence-electron chi connectivity index (χ0n) is 11.7. The van der Waals surface area contributed by atoms with E-state index in [0.29, 0.717) is 19.6 Å². The summed E-state index contributed by atoms with van der Waals surface area (Å²) in [4.78, 5) is 11.1. The van der Waals surface area contributed by atoms with Crippen molar-refractivity contribution in [3.8, 4) is 5.75 Å². The highest BCUT2D eigenvalue weighted by Crippen LogP contribution is 2.12. The first-order valence-electron chi connectivity index (χ1n) is 6.45. The first-order chi connectivity index (χ1) is 9.67. The van der Waals surface area contributed by atoms with Gasteiger partial charge in [-0.2, -0.15) is 11.8 Å². The minimum absolute atomic E-state index is 0.480. The van der Waals surface area contributed by atoms with Crippen LogP contribution in [0.15, 0.2) is 36.9 Å². The minimum Gasteiger partial charge on any atom is -0.490 e. The van der Waals surface area contributed by atoms with Gasteiger partial charge in [-0.05, 0) is 36.1 Å². The molecular formula is C15H21NO3S. The lowest BCUT2D eigenvalue weighted by molar-refractivity contribution is -0.139. The molecule has 0 saturated heterocycles. The lowest BCUT2D eigenvalue weighted by Crippen LogP contribution is -2.36. The fourth-order valence-corrected chi connectivity index (χ4v) is 2.12. The molecule has 0 aliphatic rings. The predicted octanol–water partition coefficient (Wildman–Crippen LogP) is 2.55. The van der Waals surface area contributed by atoms with Crippen molar-refractivity contribution in [1.82, 2.24) is 5.32 Å². The Bertz CT molecular complexity index is 420. The maximum Gasteiger partial charge on any atom is 0.320 e. The van der Waals surface area contributed by atoms with Crippen molar-refractivity contribution in [2.75, 3.05) is 18.6 Å². The van der Waals surface area contributed by atoms with Crippen LogP contribution in [-0.2, 0) is 11.3 Å². The van der Waals surface area contributed by atoms with Gasteiger partial charge in [0.15, 0.2) is 0 Å². The van der Waals surface area contributed by atoms with Crippen molar-refractivity contribution in [2.45, 2.75) is 19.0 Å². The number of rotatable bonds is 10. The van der Waals surface area contributed by atoms with Crippen LogP contribution in [-0.4, -0.2) is 35.7 Å². The lowest BCUT2D eigenvalue weighted by Gasteiger charge is -2.14. The molecule has 0 aliphatic heterocycles. The van der Waals surface area contributed by atoms with Crippen LogP contribution < -0.4 is 10.1 Å². The summed E-state index contributed by atoms with van der Waals surface area (Å²) in [7, 11) is 0. The number of hydrogen-bond donors (Lipinski definition) is 2. The number of carboxylic acids is 1. The zero-order chi connectivity index (χ0) is 14.8. The number of thioether (sulfide) groups is 1. The summed E-state index contributed by atoms with van der Waals surface area (Å²) < 4.78 is 5.39. The average Bonchev–Trinajstić information content (AvgIpc) is 2.46. The Kier molecular flexibility index (Phi) is 7.84. The van der Waals surface area contributed by atoms with Crippen LogP contribution in [0.5, 0.6) is 5.75 Å². The third-order valence-electron chi connectivity index (χ3n) is 2.75. The lowest BCUT2D eigenvalue weighted by atomic mass is 10.2. The molecule has 0 aromatic heterocycles. The molecule has 0 unspecified atom stereocenters. The second-order valence-electron chi connectivity index (χ2n) is 4.30. The van der Waals surface area contributed by atoms with E-state index in [0.717, 1.165) is 17.1 Å². The van der Waals surface area contributed by atoms with E-state index < -0.39 is 12.0 Å². The van der Waals surface area contributed by atoms with Gasteiger partial charge in [0.25, 0.3) is 0 Å². The van der Waals surface area contributed by atoms with Gasteiger partial charge in [0, 0.05) is 6.54 Å². The van der Waals surface area contributed by atoms with Gasteiger partial charge >= 0.3 is 5.97 Å². The molecule has 0 aliphatic carbocycles. The zero-order valence-corrected chi connectivity index (χ0v) is 12.5. The number of aliphatic carboxylic acids is 1. The Morgan fingerprint density at radius 1 is 1.50 bits per heavy atom. The molecule has 0 saturated carbocycles. The molecule has 4 nitrogen and oxygen atoms in total. The summed E-state index contributed by atoms with van der Waals surface area (Å²) in [6.07, 6.45) is 4.29. The van der Waals surface area contributed by atoms with Crippen LogP contribution in [0.25, 0.3) is 0 Å². The Balaban J connectivity index is 2.46. The van der Waals surface area contributed by atoms with Crippen LogP contribution >= 0.6 is 11.8 Å². The Morgan fingerprint density at radius 3 is 2.75 bits per heavy atom. The van der Waals surface area contributed by atoms with Gasteiger partial charge in [-0.25, -0.2) is 0 Å². The van der Waals surface area contributed by atoms with E-state index in [9.17, 15) is 4.79 Å². The van der Waals surface area contributed by atoms with Crippen LogP contribution in [0.3, 0.4) is 0 Å². The predicted molar refractivity (Wildman–Crippen MR) is 83.4 cm³/mol. The Labute approximate surface area is 124 Å². The SMILES string of the molecule is C=CCOc1ccc(CN[C@@H](CCSC)C(=O)O)cc1. The second-order valence-corrected chi connectivity index (χ2v) is 5.28. The number of carbonyl (C=O) groups is 1. The minimum atomic E-state index is -0.801. The monoisotopic (exact) mass is 295 g/mol. The van der Waals surface area contributed by atoms with E-state index in [1.54, 1.807) is 17.8 Å². The summed E-state index contributed by atoms with van der Waals surface area (Å²) in [6.45, 7) is 4.61. The molecular weight excluding hydrogens is 274 g/mol. The van der Waals surface area contributed by atoms with Crippen molar-refractivity contribution >= 4 is 17.7 Å². The highest BCUT2D eigenvalue weighted by Gasteiger charge is 2.15. The first kappa shape index (κ1) is 16.6. The Hall–Kier alpha value is -1.46. The van der Waals surface area contributed by atoms with Crippen molar-refractivity contribution in [2.24, 2.45) is 0 Å². The topological polar surface area (TPSA) is 58.6 Å². The van der Waals surface area contributed by atoms with E-state index >= 15 is 0 Å². The summed E-state index contributed by atoms with van der Waals surface area (Å²) in [5.74, 6) is 0.814. The fourth-order valence-electron chi connectivity index (χ4n) is 1.65. The van der Waals surface area contributed by atoms with Crippen LogP contribution in [0.4, 0.5) is 0 Å². The molecule has 0 radical (unpaired) electrons. The molecule has 0 spiro atoms. The number of hydrogen-bond acceptors (Lipinski definition) is 4. The van der Waals surface area contributed by atoms with Crippen LogP contribution in [0, 0.1) is 0 Å². The normalized spacial score (nSPS) is 11.8. The fraction of sp³-hybridized carbons (Fsp3) is 0.400. The van der Waals surface area contributed by atoms with E-state index in [2.05, 4.69) is 11.9 Å². The average molecular weight is 295 g/mol. The molecule has 1 aromatic carbocycles. The van der Waals surface area contributed by atoms with E-state index in [4.69, 9.17) is 9.84 Å². The molecule has 0 bridgehead atoms. The molecule has 0 heterocycles. The molecule has 20 heavy (non-hydrogen) atoms. The maximum atomic E-state index is 11.1. The van der Waals surface area contributed by atoms with Crippen LogP contribution in [0.2, 0.25) is 0 Å². The van der Waals surface area contributed by atoms with Crippen molar-refractivity contribution in [3.63, 3.8) is 0 Å². The molecule has 110 valence electrons. The molecule has 0 fully saturated rings. The van der Waals surface area contributed by atoms with Gasteiger partial charge in [-0.1, -0.05) is 24.8 Å². The number of nitrogens with one attached hydrogen (secondary N) is 1. The highest BCUT2D eigenvalue weighted by atomic mass is 32.2. The first-order valence-corrected chi connectivity index (χ1v) is 7.84. The molecule has 5 heteroatoms. The second kappa shape index (κ2) is 9.44. The highest BCUT2D eigenvalue weighted by molar-refractivity contribution is 7.98. The van der Waals surface area contributed by atoms with Crippen molar-refractivity contribution in [3.05, 3.63) is 42.5 Å². The maximum absolute atomic E-state index is 11.1. The summed E-state index contributed by atoms with van der Waals surface area (Å²) >= 11 is 1.65. The Morgan fingerprint density at radius 2 is 2.20 bits per heavy atom. The third-order valence-corrected chi connectivity index (χ3v) is 3.40. The molecule has 1 aromatic rings. The largest absolute Gasteiger partial charge is 0.490 e.